The minimum absolute atomic E-state index is 0.594. The summed E-state index contributed by atoms with van der Waals surface area (Å²) in [5, 5.41) is 6.69. The third kappa shape index (κ3) is 2.35. The molecule has 0 saturated carbocycles. The van der Waals surface area contributed by atoms with Crippen molar-refractivity contribution in [3.05, 3.63) is 26.2 Å². The smallest absolute Gasteiger partial charge is 0.0510 e. The van der Waals surface area contributed by atoms with Crippen LogP contribution in [0.1, 0.15) is 0 Å². The van der Waals surface area contributed by atoms with E-state index in [0.717, 1.165) is 17.6 Å². The third-order valence-corrected chi connectivity index (χ3v) is 3.40. The van der Waals surface area contributed by atoms with Crippen molar-refractivity contribution in [2.75, 3.05) is 18.4 Å². The van der Waals surface area contributed by atoms with Gasteiger partial charge in [0.1, 0.15) is 0 Å². The fourth-order valence-electron chi connectivity index (χ4n) is 1.22. The van der Waals surface area contributed by atoms with Gasteiger partial charge >= 0.3 is 0 Å². The monoisotopic (exact) mass is 352 g/mol. The van der Waals surface area contributed by atoms with Crippen LogP contribution in [0.3, 0.4) is 0 Å². The minimum Gasteiger partial charge on any atom is -0.379 e. The molecule has 2 nitrogen and oxygen atoms in total. The first-order chi connectivity index (χ1) is 6.25. The maximum Gasteiger partial charge on any atom is 0.0510 e. The van der Waals surface area contributed by atoms with Crippen molar-refractivity contribution >= 4 is 44.2 Å². The topological polar surface area (TPSA) is 24.1 Å². The van der Waals surface area contributed by atoms with E-state index in [0.29, 0.717) is 6.04 Å². The quantitative estimate of drug-likeness (QED) is 0.799. The lowest BCUT2D eigenvalue weighted by atomic mass is 10.1. The van der Waals surface area contributed by atoms with E-state index in [9.17, 15) is 0 Å². The molecule has 1 aromatic rings. The summed E-state index contributed by atoms with van der Waals surface area (Å²) in [5.41, 5.74) is 1.19. The molecule has 0 bridgehead atoms. The van der Waals surface area contributed by atoms with Crippen molar-refractivity contribution in [2.24, 2.45) is 0 Å². The molecule has 0 aromatic heterocycles. The van der Waals surface area contributed by atoms with E-state index in [1.807, 2.05) is 0 Å². The van der Waals surface area contributed by atoms with Gasteiger partial charge in [-0.25, -0.2) is 0 Å². The number of nitrogens with one attached hydrogen (secondary N) is 2. The summed E-state index contributed by atoms with van der Waals surface area (Å²) in [6.07, 6.45) is 0. The van der Waals surface area contributed by atoms with Gasteiger partial charge in [-0.15, -0.1) is 0 Å². The summed E-state index contributed by atoms with van der Waals surface area (Å²) in [7, 11) is 0. The second kappa shape index (κ2) is 4.14. The third-order valence-electron chi connectivity index (χ3n) is 2.07. The summed E-state index contributed by atoms with van der Waals surface area (Å²) in [4.78, 5) is 0. The van der Waals surface area contributed by atoms with Crippen LogP contribution in [-0.4, -0.2) is 19.1 Å². The molecule has 1 aliphatic heterocycles. The molecule has 1 saturated heterocycles. The molecule has 70 valence electrons. The highest BCUT2D eigenvalue weighted by atomic mass is 127. The molecule has 0 atom stereocenters. The van der Waals surface area contributed by atoms with E-state index in [1.165, 1.54) is 9.26 Å². The minimum atomic E-state index is 0.594. The highest BCUT2D eigenvalue weighted by molar-refractivity contribution is 14.1. The van der Waals surface area contributed by atoms with Crippen molar-refractivity contribution in [3.8, 4) is 0 Å². The van der Waals surface area contributed by atoms with Crippen molar-refractivity contribution in [2.45, 2.75) is 6.04 Å². The Balaban J connectivity index is 2.10. The molecule has 0 aliphatic carbocycles. The zero-order valence-corrected chi connectivity index (χ0v) is 10.7. The molecule has 1 fully saturated rings. The van der Waals surface area contributed by atoms with Gasteiger partial charge in [0.2, 0.25) is 0 Å². The Morgan fingerprint density at radius 3 is 2.77 bits per heavy atom. The first-order valence-electron chi connectivity index (χ1n) is 4.18. The lowest BCUT2D eigenvalue weighted by molar-refractivity contribution is 0.472. The van der Waals surface area contributed by atoms with Gasteiger partial charge in [-0.1, -0.05) is 0 Å². The average molecular weight is 353 g/mol. The van der Waals surface area contributed by atoms with E-state index in [4.69, 9.17) is 0 Å². The normalized spacial score (nSPS) is 16.8. The van der Waals surface area contributed by atoms with E-state index in [1.54, 1.807) is 0 Å². The highest BCUT2D eigenvalue weighted by Crippen LogP contribution is 2.25. The van der Waals surface area contributed by atoms with Crippen LogP contribution in [0.2, 0.25) is 0 Å². The predicted molar refractivity (Wildman–Crippen MR) is 67.1 cm³/mol. The SMILES string of the molecule is Brc1cc(I)ccc1NC1CNC1. The largest absolute Gasteiger partial charge is 0.379 e. The first kappa shape index (κ1) is 9.73. The molecular formula is C9H10BrIN2. The van der Waals surface area contributed by atoms with Gasteiger partial charge in [0.25, 0.3) is 0 Å². The Morgan fingerprint density at radius 1 is 1.46 bits per heavy atom. The van der Waals surface area contributed by atoms with Crippen molar-refractivity contribution in [1.82, 2.24) is 5.32 Å². The Bertz CT molecular complexity index is 312. The number of hydrogen-bond acceptors (Lipinski definition) is 2. The second-order valence-corrected chi connectivity index (χ2v) is 5.22. The molecule has 2 rings (SSSR count). The predicted octanol–water partition coefficient (Wildman–Crippen LogP) is 2.44. The maximum atomic E-state index is 3.54. The maximum absolute atomic E-state index is 3.54. The molecule has 0 radical (unpaired) electrons. The van der Waals surface area contributed by atoms with Gasteiger partial charge in [-0.05, 0) is 56.7 Å². The Labute approximate surface area is 99.7 Å². The van der Waals surface area contributed by atoms with Gasteiger partial charge in [-0.2, -0.15) is 0 Å². The standard InChI is InChI=1S/C9H10BrIN2/c10-8-3-6(11)1-2-9(8)13-7-4-12-5-7/h1-3,7,12-13H,4-5H2. The van der Waals surface area contributed by atoms with Crippen LogP contribution in [0.5, 0.6) is 0 Å². The molecule has 1 heterocycles. The number of halogens is 2. The van der Waals surface area contributed by atoms with Gasteiger partial charge in [0.15, 0.2) is 0 Å². The van der Waals surface area contributed by atoms with Crippen LogP contribution >= 0.6 is 38.5 Å². The van der Waals surface area contributed by atoms with Gasteiger partial charge in [0, 0.05) is 26.8 Å². The Kier molecular flexibility index (Phi) is 3.10. The van der Waals surface area contributed by atoms with Crippen molar-refractivity contribution in [1.29, 1.82) is 0 Å². The molecule has 4 heteroatoms. The fourth-order valence-corrected chi connectivity index (χ4v) is 2.63. The Hall–Kier alpha value is 0.190. The van der Waals surface area contributed by atoms with Gasteiger partial charge in [0.05, 0.1) is 6.04 Å². The van der Waals surface area contributed by atoms with Crippen LogP contribution in [0.25, 0.3) is 0 Å². The van der Waals surface area contributed by atoms with E-state index in [-0.39, 0.29) is 0 Å². The zero-order valence-electron chi connectivity index (χ0n) is 6.98. The van der Waals surface area contributed by atoms with Crippen LogP contribution in [-0.2, 0) is 0 Å². The lowest BCUT2D eigenvalue weighted by Gasteiger charge is -2.29. The molecule has 1 aliphatic rings. The van der Waals surface area contributed by atoms with E-state index < -0.39 is 0 Å². The number of hydrogen-bond donors (Lipinski definition) is 2. The van der Waals surface area contributed by atoms with Crippen LogP contribution < -0.4 is 10.6 Å². The van der Waals surface area contributed by atoms with Crippen LogP contribution in [0.4, 0.5) is 5.69 Å². The second-order valence-electron chi connectivity index (χ2n) is 3.12. The molecule has 0 unspecified atom stereocenters. The highest BCUT2D eigenvalue weighted by Gasteiger charge is 2.16. The molecule has 0 spiro atoms. The first-order valence-corrected chi connectivity index (χ1v) is 6.05. The fraction of sp³-hybridized carbons (Fsp3) is 0.333. The molecule has 13 heavy (non-hydrogen) atoms. The summed E-state index contributed by atoms with van der Waals surface area (Å²) < 4.78 is 2.40. The summed E-state index contributed by atoms with van der Waals surface area (Å²) in [6.45, 7) is 2.14. The lowest BCUT2D eigenvalue weighted by Crippen LogP contribution is -2.51. The van der Waals surface area contributed by atoms with E-state index >= 15 is 0 Å². The number of anilines is 1. The Morgan fingerprint density at radius 2 is 2.23 bits per heavy atom. The summed E-state index contributed by atoms with van der Waals surface area (Å²) in [6, 6.07) is 6.94. The molecular weight excluding hydrogens is 343 g/mol. The number of rotatable bonds is 2. The summed E-state index contributed by atoms with van der Waals surface area (Å²) >= 11 is 5.85. The van der Waals surface area contributed by atoms with Crippen LogP contribution in [0, 0.1) is 3.57 Å². The van der Waals surface area contributed by atoms with E-state index in [2.05, 4.69) is 67.4 Å². The van der Waals surface area contributed by atoms with Gasteiger partial charge in [-0.3, -0.25) is 0 Å². The zero-order chi connectivity index (χ0) is 9.26. The summed E-state index contributed by atoms with van der Waals surface area (Å²) in [5.74, 6) is 0. The van der Waals surface area contributed by atoms with Crippen molar-refractivity contribution < 1.29 is 0 Å². The number of benzene rings is 1. The van der Waals surface area contributed by atoms with Crippen molar-refractivity contribution in [3.63, 3.8) is 0 Å². The molecule has 0 amide bonds. The van der Waals surface area contributed by atoms with Crippen LogP contribution in [0.15, 0.2) is 22.7 Å². The van der Waals surface area contributed by atoms with Gasteiger partial charge < -0.3 is 10.6 Å². The molecule has 1 aromatic carbocycles. The average Bonchev–Trinajstić information content (AvgIpc) is 1.99. The molecule has 2 N–H and O–H groups in total.